The predicted molar refractivity (Wildman–Crippen MR) is 69.6 cm³/mol. The van der Waals surface area contributed by atoms with E-state index in [1.54, 1.807) is 0 Å². The number of nitrogen functional groups attached to an aromatic ring is 1. The Labute approximate surface area is 110 Å². The van der Waals surface area contributed by atoms with E-state index in [9.17, 15) is 14.3 Å². The van der Waals surface area contributed by atoms with E-state index in [0.29, 0.717) is 24.6 Å². The second kappa shape index (κ2) is 5.44. The van der Waals surface area contributed by atoms with Crippen molar-refractivity contribution in [3.63, 3.8) is 0 Å². The van der Waals surface area contributed by atoms with E-state index in [2.05, 4.69) is 5.32 Å². The second-order valence-corrected chi connectivity index (χ2v) is 4.90. The van der Waals surface area contributed by atoms with Gasteiger partial charge in [0.2, 0.25) is 0 Å². The molecule has 104 valence electrons. The highest BCUT2D eigenvalue weighted by Crippen LogP contribution is 2.28. The molecule has 1 aromatic carbocycles. The number of aliphatic hydroxyl groups excluding tert-OH is 1. The number of carbonyl (C=O) groups is 1. The first-order valence-electron chi connectivity index (χ1n) is 6.22. The average molecular weight is 268 g/mol. The van der Waals surface area contributed by atoms with E-state index in [1.165, 1.54) is 6.07 Å². The third-order valence-electron chi connectivity index (χ3n) is 3.50. The Morgan fingerprint density at radius 1 is 1.47 bits per heavy atom. The smallest absolute Gasteiger partial charge is 0.340 e. The van der Waals surface area contributed by atoms with Gasteiger partial charge in [-0.05, 0) is 37.3 Å². The zero-order valence-electron chi connectivity index (χ0n) is 10.4. The van der Waals surface area contributed by atoms with Gasteiger partial charge < -0.3 is 21.3 Å². The van der Waals surface area contributed by atoms with E-state index < -0.39 is 11.8 Å². The molecule has 5 nitrogen and oxygen atoms in total. The van der Waals surface area contributed by atoms with Crippen LogP contribution in [0.2, 0.25) is 0 Å². The van der Waals surface area contributed by atoms with Gasteiger partial charge in [0.15, 0.2) is 0 Å². The van der Waals surface area contributed by atoms with Crippen LogP contribution in [0.3, 0.4) is 0 Å². The Kier molecular flexibility index (Phi) is 3.90. The molecule has 2 unspecified atom stereocenters. The molecular formula is C13H17FN2O3. The van der Waals surface area contributed by atoms with Gasteiger partial charge in [0.05, 0.1) is 17.5 Å². The zero-order chi connectivity index (χ0) is 14.0. The maximum atomic E-state index is 13.3. The first-order valence-corrected chi connectivity index (χ1v) is 6.22. The van der Waals surface area contributed by atoms with Crippen LogP contribution in [0.25, 0.3) is 0 Å². The van der Waals surface area contributed by atoms with E-state index >= 15 is 0 Å². The highest BCUT2D eigenvalue weighted by atomic mass is 19.1. The lowest BCUT2D eigenvalue weighted by Gasteiger charge is -2.15. The van der Waals surface area contributed by atoms with Crippen LogP contribution in [0.1, 0.15) is 29.6 Å². The molecule has 0 heterocycles. The fraction of sp³-hybridized carbons (Fsp3) is 0.462. The summed E-state index contributed by atoms with van der Waals surface area (Å²) in [5.41, 5.74) is 5.17. The Morgan fingerprint density at radius 3 is 2.79 bits per heavy atom. The summed E-state index contributed by atoms with van der Waals surface area (Å²) >= 11 is 0. The fourth-order valence-corrected chi connectivity index (χ4v) is 2.46. The lowest BCUT2D eigenvalue weighted by Crippen LogP contribution is -2.16. The Morgan fingerprint density at radius 2 is 2.21 bits per heavy atom. The number of carboxylic acids is 1. The quantitative estimate of drug-likeness (QED) is 0.623. The van der Waals surface area contributed by atoms with Gasteiger partial charge in [0.1, 0.15) is 11.4 Å². The Balaban J connectivity index is 2.12. The molecule has 1 aliphatic rings. The zero-order valence-corrected chi connectivity index (χ0v) is 10.4. The number of nitrogens with two attached hydrogens (primary N) is 1. The van der Waals surface area contributed by atoms with Gasteiger partial charge in [-0.15, -0.1) is 0 Å². The summed E-state index contributed by atoms with van der Waals surface area (Å²) in [6.45, 7) is 0.544. The molecule has 2 atom stereocenters. The van der Waals surface area contributed by atoms with Crippen LogP contribution in [-0.2, 0) is 0 Å². The van der Waals surface area contributed by atoms with Crippen molar-refractivity contribution in [1.29, 1.82) is 0 Å². The number of rotatable bonds is 4. The molecule has 0 spiro atoms. The molecule has 1 saturated carbocycles. The van der Waals surface area contributed by atoms with Gasteiger partial charge in [-0.3, -0.25) is 0 Å². The summed E-state index contributed by atoms with van der Waals surface area (Å²) in [4.78, 5) is 11.1. The molecule has 0 amide bonds. The monoisotopic (exact) mass is 268 g/mol. The molecule has 0 bridgehead atoms. The maximum absolute atomic E-state index is 13.3. The molecule has 0 aromatic heterocycles. The molecule has 0 aliphatic heterocycles. The van der Waals surface area contributed by atoms with Crippen molar-refractivity contribution in [3.05, 3.63) is 23.5 Å². The summed E-state index contributed by atoms with van der Waals surface area (Å²) in [6.07, 6.45) is 2.09. The number of aromatic carboxylic acids is 1. The van der Waals surface area contributed by atoms with E-state index in [4.69, 9.17) is 10.8 Å². The predicted octanol–water partition coefficient (Wildman–Crippen LogP) is 1.68. The van der Waals surface area contributed by atoms with Crippen LogP contribution in [0, 0.1) is 11.7 Å². The minimum absolute atomic E-state index is 0.237. The molecule has 2 rings (SSSR count). The highest BCUT2D eigenvalue weighted by Gasteiger charge is 2.23. The SMILES string of the molecule is Nc1c(F)ccc(NCC2CCC(O)C2)c1C(=O)O. The van der Waals surface area contributed by atoms with Gasteiger partial charge in [-0.25, -0.2) is 9.18 Å². The normalized spacial score (nSPS) is 22.4. The standard InChI is InChI=1S/C13H17FN2O3/c14-9-3-4-10(11(12(9)15)13(18)19)16-6-7-1-2-8(17)5-7/h3-4,7-8,16-17H,1-2,5-6,15H2,(H,18,19). The number of carboxylic acid groups (broad SMARTS) is 1. The molecule has 1 aromatic rings. The number of benzene rings is 1. The van der Waals surface area contributed by atoms with E-state index in [0.717, 1.165) is 18.9 Å². The van der Waals surface area contributed by atoms with Gasteiger partial charge in [-0.1, -0.05) is 0 Å². The highest BCUT2D eigenvalue weighted by molar-refractivity contribution is 6.00. The lowest BCUT2D eigenvalue weighted by molar-refractivity contribution is 0.0698. The Bertz CT molecular complexity index is 493. The number of hydrogen-bond acceptors (Lipinski definition) is 4. The van der Waals surface area contributed by atoms with E-state index in [-0.39, 0.29) is 17.4 Å². The molecular weight excluding hydrogens is 251 g/mol. The average Bonchev–Trinajstić information content (AvgIpc) is 2.76. The number of anilines is 2. The van der Waals surface area contributed by atoms with Gasteiger partial charge >= 0.3 is 5.97 Å². The number of halogens is 1. The van der Waals surface area contributed by atoms with Crippen LogP contribution < -0.4 is 11.1 Å². The van der Waals surface area contributed by atoms with Crippen molar-refractivity contribution in [2.24, 2.45) is 5.92 Å². The summed E-state index contributed by atoms with van der Waals surface area (Å²) in [7, 11) is 0. The van der Waals surface area contributed by atoms with E-state index in [1.807, 2.05) is 0 Å². The fourth-order valence-electron chi connectivity index (χ4n) is 2.46. The minimum atomic E-state index is -1.26. The largest absolute Gasteiger partial charge is 0.478 e. The molecule has 0 saturated heterocycles. The summed E-state index contributed by atoms with van der Waals surface area (Å²) in [5.74, 6) is -1.70. The van der Waals surface area contributed by atoms with Crippen molar-refractivity contribution < 1.29 is 19.4 Å². The van der Waals surface area contributed by atoms with Crippen LogP contribution in [0.5, 0.6) is 0 Å². The maximum Gasteiger partial charge on any atom is 0.340 e. The number of aliphatic hydroxyl groups is 1. The summed E-state index contributed by atoms with van der Waals surface area (Å²) in [6, 6.07) is 2.52. The summed E-state index contributed by atoms with van der Waals surface area (Å²) in [5, 5.41) is 21.5. The van der Waals surface area contributed by atoms with Crippen molar-refractivity contribution in [2.75, 3.05) is 17.6 Å². The van der Waals surface area contributed by atoms with Crippen molar-refractivity contribution >= 4 is 17.3 Å². The number of hydrogen-bond donors (Lipinski definition) is 4. The van der Waals surface area contributed by atoms with Crippen LogP contribution >= 0.6 is 0 Å². The van der Waals surface area contributed by atoms with Crippen LogP contribution in [-0.4, -0.2) is 28.8 Å². The summed E-state index contributed by atoms with van der Waals surface area (Å²) < 4.78 is 13.3. The topological polar surface area (TPSA) is 95.6 Å². The first-order chi connectivity index (χ1) is 8.99. The van der Waals surface area contributed by atoms with Gasteiger partial charge in [0, 0.05) is 6.54 Å². The minimum Gasteiger partial charge on any atom is -0.478 e. The van der Waals surface area contributed by atoms with Gasteiger partial charge in [0.25, 0.3) is 0 Å². The molecule has 1 aliphatic carbocycles. The Hall–Kier alpha value is -1.82. The van der Waals surface area contributed by atoms with Crippen molar-refractivity contribution in [2.45, 2.75) is 25.4 Å². The van der Waals surface area contributed by atoms with Crippen LogP contribution in [0.15, 0.2) is 12.1 Å². The lowest BCUT2D eigenvalue weighted by atomic mass is 10.1. The number of nitrogens with one attached hydrogen (secondary N) is 1. The first kappa shape index (κ1) is 13.6. The molecule has 1 fully saturated rings. The molecule has 6 heteroatoms. The molecule has 5 N–H and O–H groups in total. The third kappa shape index (κ3) is 2.96. The second-order valence-electron chi connectivity index (χ2n) is 4.90. The van der Waals surface area contributed by atoms with Crippen molar-refractivity contribution in [3.8, 4) is 0 Å². The van der Waals surface area contributed by atoms with Crippen molar-refractivity contribution in [1.82, 2.24) is 0 Å². The third-order valence-corrected chi connectivity index (χ3v) is 3.50. The van der Waals surface area contributed by atoms with Crippen LogP contribution in [0.4, 0.5) is 15.8 Å². The molecule has 0 radical (unpaired) electrons. The molecule has 19 heavy (non-hydrogen) atoms. The van der Waals surface area contributed by atoms with Gasteiger partial charge in [-0.2, -0.15) is 0 Å².